The molecule has 0 saturated heterocycles. The minimum Gasteiger partial charge on any atom is -0.493 e. The third kappa shape index (κ3) is 5.44. The highest BCUT2D eigenvalue weighted by Crippen LogP contribution is 2.31. The van der Waals surface area contributed by atoms with Gasteiger partial charge in [-0.15, -0.1) is 11.8 Å². The number of nitrogens with one attached hydrogen (secondary N) is 1. The first-order chi connectivity index (χ1) is 10.4. The Morgan fingerprint density at radius 2 is 1.68 bits per heavy atom. The molecule has 1 amide bonds. The zero-order chi connectivity index (χ0) is 16.7. The summed E-state index contributed by atoms with van der Waals surface area (Å²) in [5.41, 5.74) is 0. The fourth-order valence-corrected chi connectivity index (χ4v) is 3.12. The number of methoxy groups -OCH3 is 2. The third-order valence-electron chi connectivity index (χ3n) is 3.49. The van der Waals surface area contributed by atoms with Crippen LogP contribution in [0.5, 0.6) is 11.5 Å². The largest absolute Gasteiger partial charge is 0.493 e. The molecule has 1 rings (SSSR count). The van der Waals surface area contributed by atoms with Crippen molar-refractivity contribution in [1.82, 2.24) is 5.32 Å². The van der Waals surface area contributed by atoms with Gasteiger partial charge in [0.25, 0.3) is 0 Å². The van der Waals surface area contributed by atoms with Crippen LogP contribution in [0.25, 0.3) is 0 Å². The lowest BCUT2D eigenvalue weighted by atomic mass is 9.93. The third-order valence-corrected chi connectivity index (χ3v) is 4.48. The number of carbonyl (C=O) groups excluding carboxylic acids is 1. The molecule has 0 heterocycles. The maximum Gasteiger partial charge on any atom is 0.230 e. The van der Waals surface area contributed by atoms with Gasteiger partial charge in [0.15, 0.2) is 11.5 Å². The highest BCUT2D eigenvalue weighted by molar-refractivity contribution is 8.00. The van der Waals surface area contributed by atoms with Gasteiger partial charge in [-0.3, -0.25) is 4.79 Å². The van der Waals surface area contributed by atoms with E-state index in [4.69, 9.17) is 9.47 Å². The number of amides is 1. The van der Waals surface area contributed by atoms with E-state index in [0.717, 1.165) is 4.90 Å². The van der Waals surface area contributed by atoms with Crippen LogP contribution in [-0.4, -0.2) is 31.9 Å². The zero-order valence-electron chi connectivity index (χ0n) is 14.3. The van der Waals surface area contributed by atoms with E-state index >= 15 is 0 Å². The number of benzene rings is 1. The minimum atomic E-state index is 0.0622. The molecule has 0 aliphatic carbocycles. The van der Waals surface area contributed by atoms with E-state index in [9.17, 15) is 4.79 Å². The zero-order valence-corrected chi connectivity index (χ0v) is 15.1. The lowest BCUT2D eigenvalue weighted by molar-refractivity contribution is -0.119. The SMILES string of the molecule is COc1ccc(SCC(=O)NC(C(C)C)C(C)C)cc1OC. The van der Waals surface area contributed by atoms with Gasteiger partial charge in [-0.05, 0) is 30.0 Å². The van der Waals surface area contributed by atoms with E-state index in [1.807, 2.05) is 18.2 Å². The van der Waals surface area contributed by atoms with Gasteiger partial charge in [0, 0.05) is 10.9 Å². The van der Waals surface area contributed by atoms with Gasteiger partial charge in [-0.2, -0.15) is 0 Å². The van der Waals surface area contributed by atoms with E-state index in [-0.39, 0.29) is 11.9 Å². The van der Waals surface area contributed by atoms with Crippen LogP contribution >= 0.6 is 11.8 Å². The van der Waals surface area contributed by atoms with Gasteiger partial charge in [0.05, 0.1) is 20.0 Å². The van der Waals surface area contributed by atoms with Crippen molar-refractivity contribution in [3.63, 3.8) is 0 Å². The quantitative estimate of drug-likeness (QED) is 0.742. The van der Waals surface area contributed by atoms with Crippen molar-refractivity contribution in [1.29, 1.82) is 0 Å². The van der Waals surface area contributed by atoms with Gasteiger partial charge >= 0.3 is 0 Å². The molecule has 4 nitrogen and oxygen atoms in total. The van der Waals surface area contributed by atoms with Crippen LogP contribution in [0.15, 0.2) is 23.1 Å². The minimum absolute atomic E-state index is 0.0622. The summed E-state index contributed by atoms with van der Waals surface area (Å²) in [6.07, 6.45) is 0. The van der Waals surface area contributed by atoms with Crippen molar-refractivity contribution < 1.29 is 14.3 Å². The van der Waals surface area contributed by atoms with Crippen molar-refractivity contribution in [3.05, 3.63) is 18.2 Å². The highest BCUT2D eigenvalue weighted by atomic mass is 32.2. The van der Waals surface area contributed by atoms with Crippen LogP contribution in [0.3, 0.4) is 0 Å². The van der Waals surface area contributed by atoms with Crippen LogP contribution in [-0.2, 0) is 4.79 Å². The molecule has 0 unspecified atom stereocenters. The standard InChI is InChI=1S/C17H27NO3S/c1-11(2)17(12(3)4)18-16(19)10-22-13-7-8-14(20-5)15(9-13)21-6/h7-9,11-12,17H,10H2,1-6H3,(H,18,19). The predicted octanol–water partition coefficient (Wildman–Crippen LogP) is 3.59. The van der Waals surface area contributed by atoms with Crippen LogP contribution in [0.4, 0.5) is 0 Å². The van der Waals surface area contributed by atoms with E-state index < -0.39 is 0 Å². The van der Waals surface area contributed by atoms with Crippen LogP contribution in [0.2, 0.25) is 0 Å². The summed E-state index contributed by atoms with van der Waals surface area (Å²) in [6, 6.07) is 5.88. The van der Waals surface area contributed by atoms with E-state index in [1.54, 1.807) is 14.2 Å². The number of carbonyl (C=O) groups is 1. The smallest absolute Gasteiger partial charge is 0.230 e. The molecule has 22 heavy (non-hydrogen) atoms. The molecule has 1 aromatic rings. The lowest BCUT2D eigenvalue weighted by Gasteiger charge is -2.26. The predicted molar refractivity (Wildman–Crippen MR) is 91.9 cm³/mol. The van der Waals surface area contributed by atoms with Crippen LogP contribution in [0, 0.1) is 11.8 Å². The van der Waals surface area contributed by atoms with Crippen molar-refractivity contribution >= 4 is 17.7 Å². The molecule has 5 heteroatoms. The Labute approximate surface area is 138 Å². The van der Waals surface area contributed by atoms with Crippen molar-refractivity contribution in [2.45, 2.75) is 38.6 Å². The Hall–Kier alpha value is -1.36. The normalized spacial score (nSPS) is 11.1. The molecule has 0 saturated carbocycles. The van der Waals surface area contributed by atoms with Crippen molar-refractivity contribution in [2.24, 2.45) is 11.8 Å². The average molecular weight is 325 g/mol. The Kier molecular flexibility index (Phi) is 7.59. The molecule has 0 spiro atoms. The van der Waals surface area contributed by atoms with Gasteiger partial charge in [0.2, 0.25) is 5.91 Å². The molecule has 1 aromatic carbocycles. The summed E-state index contributed by atoms with van der Waals surface area (Å²) in [4.78, 5) is 13.1. The molecule has 1 N–H and O–H groups in total. The molecule has 0 aliphatic heterocycles. The number of hydrogen-bond acceptors (Lipinski definition) is 4. The lowest BCUT2D eigenvalue weighted by Crippen LogP contribution is -2.42. The fourth-order valence-electron chi connectivity index (χ4n) is 2.39. The van der Waals surface area contributed by atoms with Crippen molar-refractivity contribution in [3.8, 4) is 11.5 Å². The summed E-state index contributed by atoms with van der Waals surface area (Å²) < 4.78 is 10.5. The van der Waals surface area contributed by atoms with E-state index in [2.05, 4.69) is 33.0 Å². The van der Waals surface area contributed by atoms with E-state index in [1.165, 1.54) is 11.8 Å². The van der Waals surface area contributed by atoms with Gasteiger partial charge in [-0.1, -0.05) is 27.7 Å². The van der Waals surface area contributed by atoms with Gasteiger partial charge in [0.1, 0.15) is 0 Å². The Balaban J connectivity index is 2.60. The molecular formula is C17H27NO3S. The number of hydrogen-bond donors (Lipinski definition) is 1. The summed E-state index contributed by atoms with van der Waals surface area (Å²) in [7, 11) is 3.21. The maximum atomic E-state index is 12.1. The summed E-state index contributed by atoms with van der Waals surface area (Å²) >= 11 is 1.50. The second-order valence-corrected chi connectivity index (χ2v) is 6.94. The van der Waals surface area contributed by atoms with Gasteiger partial charge < -0.3 is 14.8 Å². The van der Waals surface area contributed by atoms with Crippen molar-refractivity contribution in [2.75, 3.05) is 20.0 Å². The molecular weight excluding hydrogens is 298 g/mol. The Bertz CT molecular complexity index is 481. The molecule has 0 radical (unpaired) electrons. The summed E-state index contributed by atoms with van der Waals surface area (Å²) in [5, 5.41) is 3.12. The topological polar surface area (TPSA) is 47.6 Å². The van der Waals surface area contributed by atoms with E-state index in [0.29, 0.717) is 29.1 Å². The number of thioether (sulfide) groups is 1. The first-order valence-corrected chi connectivity index (χ1v) is 8.51. The second kappa shape index (κ2) is 8.93. The Morgan fingerprint density at radius 3 is 2.18 bits per heavy atom. The number of rotatable bonds is 8. The second-order valence-electron chi connectivity index (χ2n) is 5.89. The van der Waals surface area contributed by atoms with Gasteiger partial charge in [-0.25, -0.2) is 0 Å². The highest BCUT2D eigenvalue weighted by Gasteiger charge is 2.19. The molecule has 0 atom stereocenters. The Morgan fingerprint density at radius 1 is 1.09 bits per heavy atom. The number of ether oxygens (including phenoxy) is 2. The fraction of sp³-hybridized carbons (Fsp3) is 0.588. The molecule has 0 fully saturated rings. The monoisotopic (exact) mass is 325 g/mol. The molecule has 0 bridgehead atoms. The van der Waals surface area contributed by atoms with Crippen LogP contribution < -0.4 is 14.8 Å². The molecule has 0 aromatic heterocycles. The first-order valence-electron chi connectivity index (χ1n) is 7.53. The molecule has 124 valence electrons. The summed E-state index contributed by atoms with van der Waals surface area (Å²) in [6.45, 7) is 8.53. The molecule has 0 aliphatic rings. The summed E-state index contributed by atoms with van der Waals surface area (Å²) in [5.74, 6) is 2.68. The maximum absolute atomic E-state index is 12.1. The average Bonchev–Trinajstić information content (AvgIpc) is 2.49. The first kappa shape index (κ1) is 18.7. The van der Waals surface area contributed by atoms with Crippen LogP contribution in [0.1, 0.15) is 27.7 Å².